The molecule has 12 heavy (non-hydrogen) atoms. The Morgan fingerprint density at radius 1 is 1.50 bits per heavy atom. The van der Waals surface area contributed by atoms with Crippen LogP contribution in [-0.4, -0.2) is 14.2 Å². The monoisotopic (exact) mass is 248 g/mol. The lowest BCUT2D eigenvalue weighted by Gasteiger charge is -2.10. The molecule has 1 rings (SSSR count). The van der Waals surface area contributed by atoms with Crippen molar-refractivity contribution in [2.45, 2.75) is 32.0 Å². The van der Waals surface area contributed by atoms with Crippen LogP contribution in [0, 0.1) is 12.8 Å². The minimum atomic E-state index is 0.518. The second-order valence-electron chi connectivity index (χ2n) is 3.20. The van der Waals surface area contributed by atoms with Crippen LogP contribution in [-0.2, 0) is 6.42 Å². The summed E-state index contributed by atoms with van der Waals surface area (Å²) in [4.78, 5) is 4.83. The standard InChI is InChI=1S/C8H13BrN2S/c1-5(2)7(9)4-8-10-6(3)11-12-8/h5,7H,4H2,1-3H3. The van der Waals surface area contributed by atoms with Gasteiger partial charge in [0.25, 0.3) is 0 Å². The van der Waals surface area contributed by atoms with Crippen molar-refractivity contribution in [1.29, 1.82) is 0 Å². The number of alkyl halides is 1. The molecule has 0 saturated heterocycles. The average Bonchev–Trinajstić information content (AvgIpc) is 2.35. The molecule has 0 N–H and O–H groups in total. The number of nitrogens with zero attached hydrogens (tertiary/aromatic N) is 2. The first-order valence-electron chi connectivity index (χ1n) is 4.03. The van der Waals surface area contributed by atoms with Gasteiger partial charge in [0.15, 0.2) is 0 Å². The van der Waals surface area contributed by atoms with Crippen molar-refractivity contribution in [3.05, 3.63) is 10.8 Å². The third-order valence-corrected chi connectivity index (χ3v) is 3.87. The van der Waals surface area contributed by atoms with Gasteiger partial charge in [0, 0.05) is 11.2 Å². The van der Waals surface area contributed by atoms with E-state index in [1.54, 1.807) is 0 Å². The highest BCUT2D eigenvalue weighted by atomic mass is 79.9. The van der Waals surface area contributed by atoms with Gasteiger partial charge in [0.2, 0.25) is 0 Å². The number of rotatable bonds is 3. The van der Waals surface area contributed by atoms with Crippen molar-refractivity contribution in [3.8, 4) is 0 Å². The van der Waals surface area contributed by atoms with Crippen molar-refractivity contribution in [3.63, 3.8) is 0 Å². The fourth-order valence-corrected chi connectivity index (χ4v) is 2.05. The van der Waals surface area contributed by atoms with Crippen molar-refractivity contribution >= 4 is 27.5 Å². The van der Waals surface area contributed by atoms with Gasteiger partial charge >= 0.3 is 0 Å². The first-order valence-corrected chi connectivity index (χ1v) is 5.71. The molecule has 0 bridgehead atoms. The lowest BCUT2D eigenvalue weighted by molar-refractivity contribution is 0.611. The predicted octanol–water partition coefficient (Wildman–Crippen LogP) is 2.81. The van der Waals surface area contributed by atoms with Gasteiger partial charge in [-0.15, -0.1) is 0 Å². The van der Waals surface area contributed by atoms with Crippen molar-refractivity contribution in [1.82, 2.24) is 9.36 Å². The molecule has 2 nitrogen and oxygen atoms in total. The largest absolute Gasteiger partial charge is 0.225 e. The Morgan fingerprint density at radius 3 is 2.58 bits per heavy atom. The molecule has 0 aliphatic carbocycles. The van der Waals surface area contributed by atoms with Crippen LogP contribution in [0.4, 0.5) is 0 Å². The van der Waals surface area contributed by atoms with E-state index in [4.69, 9.17) is 0 Å². The van der Waals surface area contributed by atoms with Crippen LogP contribution < -0.4 is 0 Å². The predicted molar refractivity (Wildman–Crippen MR) is 55.9 cm³/mol. The SMILES string of the molecule is Cc1nsc(CC(Br)C(C)C)n1. The zero-order valence-electron chi connectivity index (χ0n) is 7.54. The molecule has 1 heterocycles. The van der Waals surface area contributed by atoms with E-state index in [-0.39, 0.29) is 0 Å². The second-order valence-corrected chi connectivity index (χ2v) is 5.21. The minimum absolute atomic E-state index is 0.518. The summed E-state index contributed by atoms with van der Waals surface area (Å²) in [5.41, 5.74) is 0. The zero-order valence-corrected chi connectivity index (χ0v) is 9.94. The fourth-order valence-electron chi connectivity index (χ4n) is 0.825. The maximum absolute atomic E-state index is 4.31. The molecule has 68 valence electrons. The summed E-state index contributed by atoms with van der Waals surface area (Å²) in [5.74, 6) is 1.53. The first-order chi connectivity index (χ1) is 5.59. The summed E-state index contributed by atoms with van der Waals surface area (Å²) in [6.07, 6.45) is 0.989. The number of halogens is 1. The van der Waals surface area contributed by atoms with Gasteiger partial charge in [-0.1, -0.05) is 29.8 Å². The summed E-state index contributed by atoms with van der Waals surface area (Å²) in [7, 11) is 0. The molecule has 0 aliphatic rings. The van der Waals surface area contributed by atoms with Crippen LogP contribution in [0.5, 0.6) is 0 Å². The molecular weight excluding hydrogens is 236 g/mol. The maximum atomic E-state index is 4.31. The van der Waals surface area contributed by atoms with Crippen LogP contribution in [0.1, 0.15) is 24.7 Å². The van der Waals surface area contributed by atoms with E-state index in [1.807, 2.05) is 6.92 Å². The quantitative estimate of drug-likeness (QED) is 0.770. The van der Waals surface area contributed by atoms with Gasteiger partial charge in [-0.25, -0.2) is 4.98 Å². The van der Waals surface area contributed by atoms with Crippen LogP contribution in [0.15, 0.2) is 0 Å². The average molecular weight is 249 g/mol. The maximum Gasteiger partial charge on any atom is 0.139 e. The van der Waals surface area contributed by atoms with Gasteiger partial charge in [-0.2, -0.15) is 4.37 Å². The van der Waals surface area contributed by atoms with E-state index in [2.05, 4.69) is 39.1 Å². The summed E-state index contributed by atoms with van der Waals surface area (Å²) >= 11 is 5.13. The van der Waals surface area contributed by atoms with Gasteiger partial charge in [0.1, 0.15) is 10.8 Å². The molecule has 1 aromatic rings. The lowest BCUT2D eigenvalue weighted by atomic mass is 10.1. The molecule has 0 aromatic carbocycles. The van der Waals surface area contributed by atoms with Gasteiger partial charge in [0.05, 0.1) is 0 Å². The Bertz CT molecular complexity index is 247. The number of aryl methyl sites for hydroxylation is 1. The fraction of sp³-hybridized carbons (Fsp3) is 0.750. The summed E-state index contributed by atoms with van der Waals surface area (Å²) in [5, 5.41) is 1.13. The van der Waals surface area contributed by atoms with Crippen molar-refractivity contribution in [2.24, 2.45) is 5.92 Å². The molecule has 0 saturated carbocycles. The zero-order chi connectivity index (χ0) is 9.14. The third-order valence-electron chi connectivity index (χ3n) is 1.66. The molecule has 1 unspecified atom stereocenters. The molecule has 4 heteroatoms. The van der Waals surface area contributed by atoms with Gasteiger partial charge in [-0.3, -0.25) is 0 Å². The van der Waals surface area contributed by atoms with E-state index in [0.29, 0.717) is 10.7 Å². The van der Waals surface area contributed by atoms with E-state index >= 15 is 0 Å². The topological polar surface area (TPSA) is 25.8 Å². The highest BCUT2D eigenvalue weighted by Gasteiger charge is 2.12. The number of aromatic nitrogens is 2. The smallest absolute Gasteiger partial charge is 0.139 e. The Balaban J connectivity index is 2.52. The first kappa shape index (κ1) is 10.1. The molecule has 0 spiro atoms. The number of hydrogen-bond acceptors (Lipinski definition) is 3. The van der Waals surface area contributed by atoms with Crippen molar-refractivity contribution < 1.29 is 0 Å². The third kappa shape index (κ3) is 2.83. The van der Waals surface area contributed by atoms with Crippen LogP contribution in [0.25, 0.3) is 0 Å². The molecule has 0 aliphatic heterocycles. The van der Waals surface area contributed by atoms with E-state index in [1.165, 1.54) is 11.5 Å². The molecule has 0 amide bonds. The summed E-state index contributed by atoms with van der Waals surface area (Å²) < 4.78 is 4.14. The molecule has 0 radical (unpaired) electrons. The van der Waals surface area contributed by atoms with E-state index < -0.39 is 0 Å². The normalized spacial score (nSPS) is 13.8. The molecule has 0 fully saturated rings. The molecule has 1 aromatic heterocycles. The summed E-state index contributed by atoms with van der Waals surface area (Å²) in [6.45, 7) is 6.33. The molecule has 1 atom stereocenters. The highest BCUT2D eigenvalue weighted by Crippen LogP contribution is 2.18. The molecular formula is C8H13BrN2S. The van der Waals surface area contributed by atoms with Crippen LogP contribution >= 0.6 is 27.5 Å². The lowest BCUT2D eigenvalue weighted by Crippen LogP contribution is -2.10. The highest BCUT2D eigenvalue weighted by molar-refractivity contribution is 9.09. The Hall–Kier alpha value is 0.0400. The minimum Gasteiger partial charge on any atom is -0.225 e. The van der Waals surface area contributed by atoms with E-state index in [9.17, 15) is 0 Å². The Morgan fingerprint density at radius 2 is 2.17 bits per heavy atom. The summed E-state index contributed by atoms with van der Waals surface area (Å²) in [6, 6.07) is 0. The van der Waals surface area contributed by atoms with Gasteiger partial charge in [-0.05, 0) is 24.4 Å². The van der Waals surface area contributed by atoms with Crippen LogP contribution in [0.3, 0.4) is 0 Å². The van der Waals surface area contributed by atoms with E-state index in [0.717, 1.165) is 17.3 Å². The Kier molecular flexibility index (Phi) is 3.65. The van der Waals surface area contributed by atoms with Crippen molar-refractivity contribution in [2.75, 3.05) is 0 Å². The second kappa shape index (κ2) is 4.33. The van der Waals surface area contributed by atoms with Gasteiger partial charge < -0.3 is 0 Å². The number of hydrogen-bond donors (Lipinski definition) is 0. The van der Waals surface area contributed by atoms with Crippen LogP contribution in [0.2, 0.25) is 0 Å². The Labute approximate surface area is 85.7 Å².